The van der Waals surface area contributed by atoms with E-state index in [1.807, 2.05) is 13.8 Å². The summed E-state index contributed by atoms with van der Waals surface area (Å²) in [5, 5.41) is 7.00. The largest absolute Gasteiger partial charge is 0.400 e. The van der Waals surface area contributed by atoms with Crippen molar-refractivity contribution in [1.29, 1.82) is 0 Å². The summed E-state index contributed by atoms with van der Waals surface area (Å²) in [6, 6.07) is 0. The first-order chi connectivity index (χ1) is 5.43. The molecule has 0 aliphatic heterocycles. The average Bonchev–Trinajstić information content (AvgIpc) is 2.63. The molecule has 0 saturated heterocycles. The fourth-order valence-corrected chi connectivity index (χ4v) is 1.12. The molecule has 0 bridgehead atoms. The maximum atomic E-state index is 7.00. The van der Waals surface area contributed by atoms with Gasteiger partial charge in [0.05, 0.1) is 6.10 Å². The highest BCUT2D eigenvalue weighted by atomic mass is 16.5. The van der Waals surface area contributed by atoms with Crippen molar-refractivity contribution >= 4 is 0 Å². The van der Waals surface area contributed by atoms with Crippen molar-refractivity contribution in [2.24, 2.45) is 0 Å². The zero-order valence-electron chi connectivity index (χ0n) is 8.26. The van der Waals surface area contributed by atoms with E-state index in [9.17, 15) is 0 Å². The second kappa shape index (κ2) is 12.6. The number of rotatable bonds is 1. The maximum Gasteiger partial charge on any atom is 0.0571 e. The fraction of sp³-hybridized carbons (Fsp3) is 1.00. The van der Waals surface area contributed by atoms with E-state index in [0.717, 1.165) is 7.11 Å². The molecule has 0 atom stereocenters. The Morgan fingerprint density at radius 1 is 1.09 bits per heavy atom. The van der Waals surface area contributed by atoms with E-state index in [-0.39, 0.29) is 0 Å². The molecule has 0 spiro atoms. The van der Waals surface area contributed by atoms with Crippen LogP contribution in [0.1, 0.15) is 39.5 Å². The SMILES string of the molecule is CC.CO.COC1CCCC1. The number of hydrogen-bond acceptors (Lipinski definition) is 2. The van der Waals surface area contributed by atoms with Crippen molar-refractivity contribution in [2.45, 2.75) is 45.6 Å². The summed E-state index contributed by atoms with van der Waals surface area (Å²) in [5.74, 6) is 0. The van der Waals surface area contributed by atoms with Gasteiger partial charge in [0.15, 0.2) is 0 Å². The lowest BCUT2D eigenvalue weighted by atomic mass is 10.3. The van der Waals surface area contributed by atoms with Crippen molar-refractivity contribution in [2.75, 3.05) is 14.2 Å². The molecule has 11 heavy (non-hydrogen) atoms. The molecule has 0 aromatic heterocycles. The van der Waals surface area contributed by atoms with Crippen LogP contribution in [0.4, 0.5) is 0 Å². The fourth-order valence-electron chi connectivity index (χ4n) is 1.12. The van der Waals surface area contributed by atoms with E-state index in [0.29, 0.717) is 6.10 Å². The van der Waals surface area contributed by atoms with Gasteiger partial charge in [0.1, 0.15) is 0 Å². The van der Waals surface area contributed by atoms with E-state index < -0.39 is 0 Å². The quantitative estimate of drug-likeness (QED) is 0.640. The van der Waals surface area contributed by atoms with Crippen molar-refractivity contribution in [1.82, 2.24) is 0 Å². The first-order valence-corrected chi connectivity index (χ1v) is 4.41. The first kappa shape index (κ1) is 13.5. The van der Waals surface area contributed by atoms with E-state index in [1.54, 1.807) is 7.11 Å². The third kappa shape index (κ3) is 7.82. The van der Waals surface area contributed by atoms with Gasteiger partial charge >= 0.3 is 0 Å². The van der Waals surface area contributed by atoms with Gasteiger partial charge in [-0.25, -0.2) is 0 Å². The minimum absolute atomic E-state index is 0.597. The minimum atomic E-state index is 0.597. The zero-order valence-corrected chi connectivity index (χ0v) is 8.26. The molecular formula is C9H22O2. The van der Waals surface area contributed by atoms with Crippen molar-refractivity contribution in [3.63, 3.8) is 0 Å². The Balaban J connectivity index is 0. The van der Waals surface area contributed by atoms with Crippen LogP contribution in [0.15, 0.2) is 0 Å². The van der Waals surface area contributed by atoms with Gasteiger partial charge in [0.25, 0.3) is 0 Å². The number of aliphatic hydroxyl groups excluding tert-OH is 1. The van der Waals surface area contributed by atoms with Crippen LogP contribution in [0.3, 0.4) is 0 Å². The van der Waals surface area contributed by atoms with Crippen LogP contribution in [0.2, 0.25) is 0 Å². The van der Waals surface area contributed by atoms with E-state index in [2.05, 4.69) is 0 Å². The molecule has 0 aromatic carbocycles. The smallest absolute Gasteiger partial charge is 0.0571 e. The van der Waals surface area contributed by atoms with Gasteiger partial charge in [-0.1, -0.05) is 26.7 Å². The minimum Gasteiger partial charge on any atom is -0.400 e. The summed E-state index contributed by atoms with van der Waals surface area (Å²) in [6.45, 7) is 4.00. The monoisotopic (exact) mass is 162 g/mol. The molecule has 0 radical (unpaired) electrons. The Kier molecular flexibility index (Phi) is 15.4. The molecule has 1 aliphatic carbocycles. The Labute approximate surface area is 70.6 Å². The van der Waals surface area contributed by atoms with Gasteiger partial charge in [-0.2, -0.15) is 0 Å². The summed E-state index contributed by atoms with van der Waals surface area (Å²) in [4.78, 5) is 0. The second-order valence-electron chi connectivity index (χ2n) is 2.14. The highest BCUT2D eigenvalue weighted by molar-refractivity contribution is 4.65. The summed E-state index contributed by atoms with van der Waals surface area (Å²) in [7, 11) is 2.80. The van der Waals surface area contributed by atoms with Crippen molar-refractivity contribution < 1.29 is 9.84 Å². The van der Waals surface area contributed by atoms with Gasteiger partial charge < -0.3 is 9.84 Å². The van der Waals surface area contributed by atoms with Crippen LogP contribution < -0.4 is 0 Å². The van der Waals surface area contributed by atoms with Crippen LogP contribution in [0, 0.1) is 0 Å². The molecule has 0 heterocycles. The molecular weight excluding hydrogens is 140 g/mol. The Hall–Kier alpha value is -0.0800. The summed E-state index contributed by atoms with van der Waals surface area (Å²) < 4.78 is 5.11. The topological polar surface area (TPSA) is 29.5 Å². The maximum absolute atomic E-state index is 7.00. The Morgan fingerprint density at radius 2 is 1.45 bits per heavy atom. The summed E-state index contributed by atoms with van der Waals surface area (Å²) in [6.07, 6.45) is 5.92. The highest BCUT2D eigenvalue weighted by Gasteiger charge is 2.12. The second-order valence-corrected chi connectivity index (χ2v) is 2.14. The third-order valence-electron chi connectivity index (χ3n) is 1.64. The predicted molar refractivity (Wildman–Crippen MR) is 48.8 cm³/mol. The number of methoxy groups -OCH3 is 1. The van der Waals surface area contributed by atoms with Gasteiger partial charge in [0.2, 0.25) is 0 Å². The van der Waals surface area contributed by atoms with E-state index >= 15 is 0 Å². The van der Waals surface area contributed by atoms with Gasteiger partial charge in [-0.3, -0.25) is 0 Å². The molecule has 1 aliphatic rings. The molecule has 0 amide bonds. The van der Waals surface area contributed by atoms with Gasteiger partial charge in [0, 0.05) is 14.2 Å². The molecule has 2 heteroatoms. The number of aliphatic hydroxyl groups is 1. The van der Waals surface area contributed by atoms with Gasteiger partial charge in [-0.05, 0) is 12.8 Å². The Bertz CT molecular complexity index is 49.5. The standard InChI is InChI=1S/C6H12O.C2H6.CH4O/c1-7-6-4-2-3-5-6;2*1-2/h6H,2-5H2,1H3;1-2H3;2H,1H3. The number of hydrogen-bond donors (Lipinski definition) is 1. The molecule has 1 fully saturated rings. The average molecular weight is 162 g/mol. The third-order valence-corrected chi connectivity index (χ3v) is 1.64. The van der Waals surface area contributed by atoms with Crippen molar-refractivity contribution in [3.8, 4) is 0 Å². The highest BCUT2D eigenvalue weighted by Crippen LogP contribution is 2.19. The summed E-state index contributed by atoms with van der Waals surface area (Å²) >= 11 is 0. The Morgan fingerprint density at radius 3 is 1.64 bits per heavy atom. The molecule has 1 N–H and O–H groups in total. The van der Waals surface area contributed by atoms with Crippen LogP contribution in [0.25, 0.3) is 0 Å². The normalized spacial score (nSPS) is 16.1. The molecule has 2 nitrogen and oxygen atoms in total. The predicted octanol–water partition coefficient (Wildman–Crippen LogP) is 2.21. The van der Waals surface area contributed by atoms with Gasteiger partial charge in [-0.15, -0.1) is 0 Å². The van der Waals surface area contributed by atoms with Crippen LogP contribution in [0.5, 0.6) is 0 Å². The summed E-state index contributed by atoms with van der Waals surface area (Å²) in [5.41, 5.74) is 0. The van der Waals surface area contributed by atoms with Crippen LogP contribution in [-0.2, 0) is 4.74 Å². The number of ether oxygens (including phenoxy) is 1. The molecule has 0 unspecified atom stereocenters. The first-order valence-electron chi connectivity index (χ1n) is 4.41. The molecule has 0 aromatic rings. The lowest BCUT2D eigenvalue weighted by Crippen LogP contribution is -2.01. The van der Waals surface area contributed by atoms with Crippen LogP contribution >= 0.6 is 0 Å². The van der Waals surface area contributed by atoms with E-state index in [1.165, 1.54) is 25.7 Å². The van der Waals surface area contributed by atoms with Crippen LogP contribution in [-0.4, -0.2) is 25.4 Å². The molecule has 70 valence electrons. The zero-order chi connectivity index (χ0) is 9.11. The molecule has 1 saturated carbocycles. The molecule has 1 rings (SSSR count). The van der Waals surface area contributed by atoms with E-state index in [4.69, 9.17) is 9.84 Å². The lowest BCUT2D eigenvalue weighted by Gasteiger charge is -2.02. The lowest BCUT2D eigenvalue weighted by molar-refractivity contribution is 0.109. The van der Waals surface area contributed by atoms with Crippen molar-refractivity contribution in [3.05, 3.63) is 0 Å².